The van der Waals surface area contributed by atoms with Gasteiger partial charge in [0.1, 0.15) is 11.6 Å². The van der Waals surface area contributed by atoms with Crippen molar-refractivity contribution in [3.05, 3.63) is 71.1 Å². The van der Waals surface area contributed by atoms with Gasteiger partial charge < -0.3 is 11.5 Å². The van der Waals surface area contributed by atoms with Crippen LogP contribution in [0, 0.1) is 5.82 Å². The number of aliphatic imine (C=N–C) groups is 1. The summed E-state index contributed by atoms with van der Waals surface area (Å²) in [6.07, 6.45) is 5.60. The van der Waals surface area contributed by atoms with E-state index >= 15 is 0 Å². The first-order valence-corrected chi connectivity index (χ1v) is 8.14. The van der Waals surface area contributed by atoms with Gasteiger partial charge in [-0.05, 0) is 39.0 Å². The zero-order valence-corrected chi connectivity index (χ0v) is 15.3. The molecule has 1 aromatic carbocycles. The molecule has 0 atom stereocenters. The summed E-state index contributed by atoms with van der Waals surface area (Å²) in [7, 11) is 0. The Morgan fingerprint density at radius 1 is 1.19 bits per heavy atom. The van der Waals surface area contributed by atoms with Gasteiger partial charge in [-0.15, -0.1) is 0 Å². The number of fused-ring (bicyclic) bond motifs is 1. The molecule has 7 heteroatoms. The first-order chi connectivity index (χ1) is 12.7. The number of allylic oxidation sites excluding steroid dienone is 6. The van der Waals surface area contributed by atoms with E-state index in [0.29, 0.717) is 0 Å². The van der Waals surface area contributed by atoms with Gasteiger partial charge in [-0.25, -0.2) is 8.78 Å². The average Bonchev–Trinajstić information content (AvgIpc) is 2.62. The number of carbonyl (C=O) groups is 1. The molecule has 27 heavy (non-hydrogen) atoms. The van der Waals surface area contributed by atoms with Crippen molar-refractivity contribution in [3.8, 4) is 0 Å². The number of amides is 1. The predicted molar refractivity (Wildman–Crippen MR) is 104 cm³/mol. The van der Waals surface area contributed by atoms with Gasteiger partial charge >= 0.3 is 0 Å². The van der Waals surface area contributed by atoms with Crippen molar-refractivity contribution in [2.75, 3.05) is 0 Å². The van der Waals surface area contributed by atoms with E-state index in [4.69, 9.17) is 11.5 Å². The molecule has 1 heterocycles. The summed E-state index contributed by atoms with van der Waals surface area (Å²) < 4.78 is 28.7. The van der Waals surface area contributed by atoms with Crippen LogP contribution in [-0.4, -0.2) is 16.9 Å². The predicted octanol–water partition coefficient (Wildman–Crippen LogP) is 4.01. The second-order valence-corrected chi connectivity index (χ2v) is 6.02. The topological polar surface area (TPSA) is 94.4 Å². The van der Waals surface area contributed by atoms with E-state index in [1.54, 1.807) is 19.1 Å². The zero-order valence-electron chi connectivity index (χ0n) is 15.3. The molecule has 0 bridgehead atoms. The highest BCUT2D eigenvalue weighted by atomic mass is 19.1. The van der Waals surface area contributed by atoms with Crippen LogP contribution in [-0.2, 0) is 0 Å². The number of rotatable bonds is 4. The molecule has 0 aliphatic heterocycles. The Balaban J connectivity index is 2.80. The molecule has 0 unspecified atom stereocenters. The van der Waals surface area contributed by atoms with Gasteiger partial charge in [0.15, 0.2) is 5.96 Å². The van der Waals surface area contributed by atoms with E-state index in [2.05, 4.69) is 9.98 Å². The third kappa shape index (κ3) is 4.63. The normalized spacial score (nSPS) is 12.0. The van der Waals surface area contributed by atoms with Gasteiger partial charge in [-0.1, -0.05) is 23.8 Å². The number of guanidine groups is 1. The van der Waals surface area contributed by atoms with Gasteiger partial charge in [-0.3, -0.25) is 9.78 Å². The SMILES string of the molecule is C/C=C(F)\C(=C/C=C(C)C)c1ncc(F)c2ccc(C(=O)N=C(N)N)cc12. The van der Waals surface area contributed by atoms with E-state index in [9.17, 15) is 13.6 Å². The fourth-order valence-corrected chi connectivity index (χ4v) is 2.42. The number of nitrogens with zero attached hydrogens (tertiary/aromatic N) is 2. The number of hydrogen-bond acceptors (Lipinski definition) is 2. The molecule has 4 N–H and O–H groups in total. The quantitative estimate of drug-likeness (QED) is 0.483. The largest absolute Gasteiger partial charge is 0.370 e. The van der Waals surface area contributed by atoms with Crippen LogP contribution in [0.5, 0.6) is 0 Å². The Kier molecular flexibility index (Phi) is 6.18. The molecular weight excluding hydrogens is 350 g/mol. The maximum atomic E-state index is 14.5. The van der Waals surface area contributed by atoms with E-state index in [-0.39, 0.29) is 33.6 Å². The smallest absolute Gasteiger partial charge is 0.280 e. The monoisotopic (exact) mass is 370 g/mol. The summed E-state index contributed by atoms with van der Waals surface area (Å²) in [5.41, 5.74) is 11.9. The molecule has 2 rings (SSSR count). The molecule has 140 valence electrons. The molecule has 0 fully saturated rings. The minimum atomic E-state index is -0.687. The van der Waals surface area contributed by atoms with Crippen LogP contribution < -0.4 is 11.5 Å². The van der Waals surface area contributed by atoms with Gasteiger partial charge in [0, 0.05) is 21.9 Å². The molecule has 0 saturated carbocycles. The number of hydrogen-bond donors (Lipinski definition) is 2. The highest BCUT2D eigenvalue weighted by Crippen LogP contribution is 2.31. The summed E-state index contributed by atoms with van der Waals surface area (Å²) in [5.74, 6) is -2.18. The van der Waals surface area contributed by atoms with Crippen molar-refractivity contribution in [2.45, 2.75) is 20.8 Å². The summed E-state index contributed by atoms with van der Waals surface area (Å²) >= 11 is 0. The lowest BCUT2D eigenvalue weighted by molar-refractivity contribution is 0.100. The van der Waals surface area contributed by atoms with Gasteiger partial charge in [0.05, 0.1) is 11.9 Å². The summed E-state index contributed by atoms with van der Waals surface area (Å²) in [6.45, 7) is 5.28. The maximum absolute atomic E-state index is 14.5. The van der Waals surface area contributed by atoms with Gasteiger partial charge in [0.25, 0.3) is 5.91 Å². The van der Waals surface area contributed by atoms with Crippen molar-refractivity contribution in [3.63, 3.8) is 0 Å². The third-order valence-electron chi connectivity index (χ3n) is 3.67. The molecule has 2 aromatic rings. The molecule has 1 amide bonds. The van der Waals surface area contributed by atoms with Crippen molar-refractivity contribution in [2.24, 2.45) is 16.5 Å². The molecule has 0 aliphatic rings. The summed E-state index contributed by atoms with van der Waals surface area (Å²) in [4.78, 5) is 19.6. The Hall–Kier alpha value is -3.35. The van der Waals surface area contributed by atoms with Crippen molar-refractivity contribution in [1.82, 2.24) is 4.98 Å². The fraction of sp³-hybridized carbons (Fsp3) is 0.150. The number of benzene rings is 1. The molecule has 0 aliphatic carbocycles. The fourth-order valence-electron chi connectivity index (χ4n) is 2.42. The number of nitrogens with two attached hydrogens (primary N) is 2. The number of pyridine rings is 1. The minimum Gasteiger partial charge on any atom is -0.370 e. The second-order valence-electron chi connectivity index (χ2n) is 6.02. The van der Waals surface area contributed by atoms with E-state index < -0.39 is 17.6 Å². The van der Waals surface area contributed by atoms with Crippen LogP contribution in [0.3, 0.4) is 0 Å². The van der Waals surface area contributed by atoms with Crippen LogP contribution in [0.1, 0.15) is 36.8 Å². The van der Waals surface area contributed by atoms with Gasteiger partial charge in [-0.2, -0.15) is 4.99 Å². The minimum absolute atomic E-state index is 0.131. The van der Waals surface area contributed by atoms with Crippen molar-refractivity contribution in [1.29, 1.82) is 0 Å². The van der Waals surface area contributed by atoms with Crippen LogP contribution in [0.2, 0.25) is 0 Å². The number of halogens is 2. The lowest BCUT2D eigenvalue weighted by Gasteiger charge is -2.10. The Morgan fingerprint density at radius 3 is 2.48 bits per heavy atom. The van der Waals surface area contributed by atoms with Crippen LogP contribution >= 0.6 is 0 Å². The first-order valence-electron chi connectivity index (χ1n) is 8.14. The van der Waals surface area contributed by atoms with Crippen LogP contribution in [0.15, 0.2) is 59.0 Å². The molecular formula is C20H20F2N4O. The van der Waals surface area contributed by atoms with Crippen molar-refractivity contribution >= 4 is 28.2 Å². The van der Waals surface area contributed by atoms with Gasteiger partial charge in [0.2, 0.25) is 0 Å². The number of carbonyl (C=O) groups excluding carboxylic acids is 1. The van der Waals surface area contributed by atoms with Crippen molar-refractivity contribution < 1.29 is 13.6 Å². The Bertz CT molecular complexity index is 1010. The maximum Gasteiger partial charge on any atom is 0.280 e. The van der Waals surface area contributed by atoms with Crippen LogP contribution in [0.4, 0.5) is 8.78 Å². The lowest BCUT2D eigenvalue weighted by Crippen LogP contribution is -2.24. The standard InChI is InChI=1S/C20H20F2N4O/c1-4-16(21)14(7-5-11(2)3)18-15-9-12(19(27)26-20(23)24)6-8-13(15)17(22)10-25-18/h4-10H,1-3H3,(H4,23,24,26,27)/b14-7+,16-4+. The summed E-state index contributed by atoms with van der Waals surface area (Å²) in [5, 5.41) is 0.477. The van der Waals surface area contributed by atoms with E-state index in [1.165, 1.54) is 24.3 Å². The third-order valence-corrected chi connectivity index (χ3v) is 3.67. The molecule has 0 radical (unpaired) electrons. The Labute approximate surface area is 155 Å². The Morgan fingerprint density at radius 2 is 1.89 bits per heavy atom. The number of aromatic nitrogens is 1. The first kappa shape index (κ1) is 20.0. The molecule has 0 spiro atoms. The molecule has 0 saturated heterocycles. The lowest BCUT2D eigenvalue weighted by atomic mass is 9.99. The zero-order chi connectivity index (χ0) is 20.1. The molecule has 1 aromatic heterocycles. The van der Waals surface area contributed by atoms with E-state index in [0.717, 1.165) is 11.8 Å². The summed E-state index contributed by atoms with van der Waals surface area (Å²) in [6, 6.07) is 4.21. The van der Waals surface area contributed by atoms with Crippen LogP contribution in [0.25, 0.3) is 16.3 Å². The molecule has 5 nitrogen and oxygen atoms in total. The highest BCUT2D eigenvalue weighted by Gasteiger charge is 2.16. The highest BCUT2D eigenvalue weighted by molar-refractivity contribution is 6.05. The van der Waals surface area contributed by atoms with E-state index in [1.807, 2.05) is 13.8 Å². The average molecular weight is 370 g/mol. The second kappa shape index (κ2) is 8.35.